The minimum absolute atomic E-state index is 0.0743. The van der Waals surface area contributed by atoms with E-state index in [2.05, 4.69) is 25.0 Å². The van der Waals surface area contributed by atoms with E-state index < -0.39 is 11.9 Å². The number of carbonyl (C=O) groups is 2. The second-order valence-electron chi connectivity index (χ2n) is 4.68. The van der Waals surface area contributed by atoms with Crippen molar-refractivity contribution in [3.05, 3.63) is 47.8 Å². The first-order chi connectivity index (χ1) is 11.6. The van der Waals surface area contributed by atoms with Gasteiger partial charge in [-0.15, -0.1) is 0 Å². The van der Waals surface area contributed by atoms with Gasteiger partial charge in [0.05, 0.1) is 38.3 Å². The molecule has 8 heteroatoms. The number of aromatic amines is 1. The Morgan fingerprint density at radius 1 is 1.29 bits per heavy atom. The largest absolute Gasteiger partial charge is 0.466 e. The van der Waals surface area contributed by atoms with E-state index in [4.69, 9.17) is 5.11 Å². The van der Waals surface area contributed by atoms with Crippen molar-refractivity contribution in [2.75, 3.05) is 19.5 Å². The maximum absolute atomic E-state index is 11.9. The Labute approximate surface area is 138 Å². The lowest BCUT2D eigenvalue weighted by Gasteiger charge is -2.12. The van der Waals surface area contributed by atoms with Crippen molar-refractivity contribution in [3.63, 3.8) is 0 Å². The van der Waals surface area contributed by atoms with Gasteiger partial charge in [0.2, 0.25) is 0 Å². The normalized spacial score (nSPS) is 11.0. The maximum atomic E-state index is 11.9. The third-order valence-electron chi connectivity index (χ3n) is 3.14. The van der Waals surface area contributed by atoms with Gasteiger partial charge in [0.25, 0.3) is 0 Å². The maximum Gasteiger partial charge on any atom is 0.354 e. The Morgan fingerprint density at radius 3 is 2.67 bits per heavy atom. The predicted molar refractivity (Wildman–Crippen MR) is 85.7 cm³/mol. The lowest BCUT2D eigenvalue weighted by atomic mass is 10.1. The van der Waals surface area contributed by atoms with Gasteiger partial charge in [-0.1, -0.05) is 18.2 Å². The van der Waals surface area contributed by atoms with E-state index in [1.54, 1.807) is 30.3 Å². The number of H-pyrrole nitrogens is 1. The van der Waals surface area contributed by atoms with Crippen LogP contribution in [-0.2, 0) is 25.7 Å². The van der Waals surface area contributed by atoms with Crippen LogP contribution in [0.1, 0.15) is 5.69 Å². The Bertz CT molecular complexity index is 767. The highest BCUT2D eigenvalue weighted by atomic mass is 16.5. The van der Waals surface area contributed by atoms with Crippen molar-refractivity contribution in [1.82, 2.24) is 10.2 Å². The molecule has 1 aromatic heterocycles. The van der Waals surface area contributed by atoms with Gasteiger partial charge >= 0.3 is 11.9 Å². The molecule has 0 saturated heterocycles. The van der Waals surface area contributed by atoms with Gasteiger partial charge in [0, 0.05) is 11.3 Å². The van der Waals surface area contributed by atoms with Crippen molar-refractivity contribution < 1.29 is 24.2 Å². The number of esters is 2. The lowest BCUT2D eigenvalue weighted by molar-refractivity contribution is -0.138. The molecule has 0 spiro atoms. The van der Waals surface area contributed by atoms with Crippen LogP contribution >= 0.6 is 0 Å². The summed E-state index contributed by atoms with van der Waals surface area (Å²) in [5, 5.41) is 18.8. The monoisotopic (exact) mass is 331 g/mol. The van der Waals surface area contributed by atoms with E-state index in [1.807, 2.05) is 0 Å². The topological polar surface area (TPSA) is 114 Å². The van der Waals surface area contributed by atoms with E-state index >= 15 is 0 Å². The zero-order chi connectivity index (χ0) is 17.5. The number of ether oxygens (including phenoxy) is 2. The number of aliphatic hydroxyl groups excluding tert-OH is 1. The highest BCUT2D eigenvalue weighted by Gasteiger charge is 2.16. The average Bonchev–Trinajstić information content (AvgIpc) is 3.09. The van der Waals surface area contributed by atoms with Gasteiger partial charge in [-0.25, -0.2) is 9.59 Å². The van der Waals surface area contributed by atoms with Gasteiger partial charge in [0.15, 0.2) is 0 Å². The van der Waals surface area contributed by atoms with Gasteiger partial charge in [0.1, 0.15) is 5.70 Å². The molecule has 1 aromatic carbocycles. The minimum atomic E-state index is -0.715. The summed E-state index contributed by atoms with van der Waals surface area (Å²) >= 11 is 0. The van der Waals surface area contributed by atoms with Crippen molar-refractivity contribution in [3.8, 4) is 11.3 Å². The summed E-state index contributed by atoms with van der Waals surface area (Å²) in [6, 6.07) is 8.75. The molecule has 126 valence electrons. The van der Waals surface area contributed by atoms with Crippen LogP contribution in [0, 0.1) is 0 Å². The number of hydrogen-bond donors (Lipinski definition) is 3. The molecular formula is C16H17N3O5. The smallest absolute Gasteiger partial charge is 0.354 e. The number of anilines is 1. The van der Waals surface area contributed by atoms with Crippen LogP contribution in [0.4, 0.5) is 5.69 Å². The summed E-state index contributed by atoms with van der Waals surface area (Å²) < 4.78 is 9.20. The highest BCUT2D eigenvalue weighted by Crippen LogP contribution is 2.28. The van der Waals surface area contributed by atoms with Crippen LogP contribution in [0.2, 0.25) is 0 Å². The molecular weight excluding hydrogens is 314 g/mol. The van der Waals surface area contributed by atoms with Crippen molar-refractivity contribution in [2.45, 2.75) is 6.61 Å². The summed E-state index contributed by atoms with van der Waals surface area (Å²) in [5.41, 5.74) is 2.26. The number of nitrogens with zero attached hydrogens (tertiary/aromatic N) is 1. The SMILES string of the molecule is COC(=O)/C=C(/Nc1ccccc1-c1cc(CO)[nH]n1)C(=O)OC. The van der Waals surface area contributed by atoms with Crippen molar-refractivity contribution >= 4 is 17.6 Å². The van der Waals surface area contributed by atoms with Gasteiger partial charge in [-0.2, -0.15) is 5.10 Å². The Balaban J connectivity index is 2.39. The molecule has 3 N–H and O–H groups in total. The number of carbonyl (C=O) groups excluding carboxylic acids is 2. The first-order valence-electron chi connectivity index (χ1n) is 6.98. The molecule has 0 aliphatic heterocycles. The third-order valence-corrected chi connectivity index (χ3v) is 3.14. The minimum Gasteiger partial charge on any atom is -0.466 e. The molecule has 1 heterocycles. The first-order valence-corrected chi connectivity index (χ1v) is 6.98. The molecule has 0 radical (unpaired) electrons. The molecule has 0 fully saturated rings. The number of hydrogen-bond acceptors (Lipinski definition) is 7. The van der Waals surface area contributed by atoms with Gasteiger partial charge in [-0.3, -0.25) is 5.10 Å². The molecule has 2 rings (SSSR count). The molecule has 2 aromatic rings. The number of aliphatic hydroxyl groups is 1. The summed E-state index contributed by atoms with van der Waals surface area (Å²) in [7, 11) is 2.42. The number of aromatic nitrogens is 2. The molecule has 0 unspecified atom stereocenters. The zero-order valence-electron chi connectivity index (χ0n) is 13.2. The molecule has 0 saturated carbocycles. The molecule has 0 aliphatic rings. The quantitative estimate of drug-likeness (QED) is 0.538. The average molecular weight is 331 g/mol. The van der Waals surface area contributed by atoms with Crippen LogP contribution < -0.4 is 5.32 Å². The third kappa shape index (κ3) is 3.99. The molecule has 0 aliphatic carbocycles. The summed E-state index contributed by atoms with van der Waals surface area (Å²) in [5.74, 6) is -1.41. The molecule has 0 bridgehead atoms. The van der Waals surface area contributed by atoms with Crippen LogP contribution in [0.25, 0.3) is 11.3 Å². The Morgan fingerprint density at radius 2 is 2.04 bits per heavy atom. The second kappa shape index (κ2) is 7.93. The van der Waals surface area contributed by atoms with Crippen molar-refractivity contribution in [1.29, 1.82) is 0 Å². The summed E-state index contributed by atoms with van der Waals surface area (Å²) in [6.07, 6.45) is 1.01. The number of methoxy groups -OCH3 is 2. The fourth-order valence-corrected chi connectivity index (χ4v) is 1.97. The van der Waals surface area contributed by atoms with Crippen LogP contribution in [0.3, 0.4) is 0 Å². The van der Waals surface area contributed by atoms with E-state index in [0.717, 1.165) is 6.08 Å². The Kier molecular flexibility index (Phi) is 5.69. The second-order valence-corrected chi connectivity index (χ2v) is 4.68. The zero-order valence-corrected chi connectivity index (χ0v) is 13.2. The predicted octanol–water partition coefficient (Wildman–Crippen LogP) is 1.21. The summed E-state index contributed by atoms with van der Waals surface area (Å²) in [6.45, 7) is -0.168. The summed E-state index contributed by atoms with van der Waals surface area (Å²) in [4.78, 5) is 23.3. The molecule has 0 atom stereocenters. The first kappa shape index (κ1) is 17.2. The number of rotatable bonds is 6. The van der Waals surface area contributed by atoms with E-state index in [0.29, 0.717) is 22.6 Å². The Hall–Kier alpha value is -3.13. The van der Waals surface area contributed by atoms with E-state index in [-0.39, 0.29) is 12.3 Å². The molecule has 8 nitrogen and oxygen atoms in total. The standard InChI is InChI=1S/C16H17N3O5/c1-23-15(21)8-14(16(22)24-2)17-12-6-4-3-5-11(12)13-7-10(9-20)18-19-13/h3-8,17,20H,9H2,1-2H3,(H,18,19)/b14-8+. The number of nitrogens with one attached hydrogen (secondary N) is 2. The highest BCUT2D eigenvalue weighted by molar-refractivity contribution is 5.99. The van der Waals surface area contributed by atoms with Gasteiger partial charge < -0.3 is 19.9 Å². The fraction of sp³-hybridized carbons (Fsp3) is 0.188. The van der Waals surface area contributed by atoms with Crippen LogP contribution in [0.15, 0.2) is 42.1 Å². The van der Waals surface area contributed by atoms with Crippen LogP contribution in [-0.4, -0.2) is 41.5 Å². The molecule has 24 heavy (non-hydrogen) atoms. The molecule has 0 amide bonds. The lowest BCUT2D eigenvalue weighted by Crippen LogP contribution is -2.15. The van der Waals surface area contributed by atoms with E-state index in [9.17, 15) is 9.59 Å². The van der Waals surface area contributed by atoms with Crippen molar-refractivity contribution in [2.24, 2.45) is 0 Å². The van der Waals surface area contributed by atoms with E-state index in [1.165, 1.54) is 14.2 Å². The number of benzene rings is 1. The van der Waals surface area contributed by atoms with Crippen LogP contribution in [0.5, 0.6) is 0 Å². The fourth-order valence-electron chi connectivity index (χ4n) is 1.97. The number of para-hydroxylation sites is 1. The van der Waals surface area contributed by atoms with Gasteiger partial charge in [-0.05, 0) is 12.1 Å².